The lowest BCUT2D eigenvalue weighted by atomic mass is 9.97. The van der Waals surface area contributed by atoms with Gasteiger partial charge < -0.3 is 15.3 Å². The number of halogens is 1. The molecule has 1 aromatic rings. The quantitative estimate of drug-likeness (QED) is 0.871. The second-order valence-electron chi connectivity index (χ2n) is 5.23. The standard InChI is InChI=1S/C15H19FN2O3/c16-12-3-1-2-4-13(12)17-14(19)7-10-18-8-5-11(6-9-18)15(20)21/h1-4,11H,5-10H2,(H,17,19)(H,20,21). The zero-order valence-corrected chi connectivity index (χ0v) is 11.7. The summed E-state index contributed by atoms with van der Waals surface area (Å²) in [6, 6.07) is 6.05. The van der Waals surface area contributed by atoms with E-state index in [9.17, 15) is 14.0 Å². The number of nitrogens with zero attached hydrogens (tertiary/aromatic N) is 1. The number of carboxylic acid groups (broad SMARTS) is 1. The van der Waals surface area contributed by atoms with Gasteiger partial charge in [-0.15, -0.1) is 0 Å². The fourth-order valence-electron chi connectivity index (χ4n) is 2.44. The molecule has 1 amide bonds. The predicted molar refractivity (Wildman–Crippen MR) is 76.4 cm³/mol. The van der Waals surface area contributed by atoms with Gasteiger partial charge in [-0.25, -0.2) is 4.39 Å². The molecule has 1 aliphatic rings. The van der Waals surface area contributed by atoms with E-state index in [1.54, 1.807) is 12.1 Å². The SMILES string of the molecule is O=C(CCN1CCC(C(=O)O)CC1)Nc1ccccc1F. The molecule has 2 N–H and O–H groups in total. The lowest BCUT2D eigenvalue weighted by molar-refractivity contribution is -0.143. The van der Waals surface area contributed by atoms with E-state index in [1.807, 2.05) is 0 Å². The zero-order chi connectivity index (χ0) is 15.2. The van der Waals surface area contributed by atoms with Crippen molar-refractivity contribution in [3.63, 3.8) is 0 Å². The highest BCUT2D eigenvalue weighted by Gasteiger charge is 2.24. The molecular weight excluding hydrogens is 275 g/mol. The van der Waals surface area contributed by atoms with Gasteiger partial charge in [-0.1, -0.05) is 12.1 Å². The second-order valence-corrected chi connectivity index (χ2v) is 5.23. The summed E-state index contributed by atoms with van der Waals surface area (Å²) in [5.41, 5.74) is 0.187. The number of para-hydroxylation sites is 1. The zero-order valence-electron chi connectivity index (χ0n) is 11.7. The summed E-state index contributed by atoms with van der Waals surface area (Å²) in [6.45, 7) is 1.93. The number of hydrogen-bond donors (Lipinski definition) is 2. The molecule has 1 aromatic carbocycles. The highest BCUT2D eigenvalue weighted by Crippen LogP contribution is 2.17. The molecular formula is C15H19FN2O3. The van der Waals surface area contributed by atoms with Gasteiger partial charge in [-0.3, -0.25) is 9.59 Å². The first-order chi connectivity index (χ1) is 10.1. The number of carbonyl (C=O) groups is 2. The maximum absolute atomic E-state index is 13.4. The van der Waals surface area contributed by atoms with E-state index < -0.39 is 11.8 Å². The van der Waals surface area contributed by atoms with Crippen molar-refractivity contribution in [1.82, 2.24) is 4.90 Å². The summed E-state index contributed by atoms with van der Waals surface area (Å²) in [4.78, 5) is 24.7. The van der Waals surface area contributed by atoms with Crippen LogP contribution in [-0.4, -0.2) is 41.5 Å². The molecule has 1 fully saturated rings. The molecule has 114 valence electrons. The van der Waals surface area contributed by atoms with E-state index in [4.69, 9.17) is 5.11 Å². The van der Waals surface area contributed by atoms with Gasteiger partial charge in [0.25, 0.3) is 0 Å². The van der Waals surface area contributed by atoms with Crippen LogP contribution in [0.4, 0.5) is 10.1 Å². The van der Waals surface area contributed by atoms with Crippen LogP contribution in [-0.2, 0) is 9.59 Å². The molecule has 1 aliphatic heterocycles. The van der Waals surface area contributed by atoms with Gasteiger partial charge >= 0.3 is 5.97 Å². The molecule has 0 spiro atoms. The number of hydrogen-bond acceptors (Lipinski definition) is 3. The van der Waals surface area contributed by atoms with Crippen LogP contribution in [0.5, 0.6) is 0 Å². The monoisotopic (exact) mass is 294 g/mol. The van der Waals surface area contributed by atoms with Crippen molar-refractivity contribution >= 4 is 17.6 Å². The molecule has 0 atom stereocenters. The van der Waals surface area contributed by atoms with E-state index in [2.05, 4.69) is 10.2 Å². The number of carboxylic acids is 1. The topological polar surface area (TPSA) is 69.6 Å². The highest BCUT2D eigenvalue weighted by atomic mass is 19.1. The van der Waals surface area contributed by atoms with Crippen LogP contribution in [0.1, 0.15) is 19.3 Å². The minimum absolute atomic E-state index is 0.187. The van der Waals surface area contributed by atoms with Crippen molar-refractivity contribution in [1.29, 1.82) is 0 Å². The van der Waals surface area contributed by atoms with Crippen LogP contribution in [0.15, 0.2) is 24.3 Å². The summed E-state index contributed by atoms with van der Waals surface area (Å²) < 4.78 is 13.4. The Hall–Kier alpha value is -1.95. The highest BCUT2D eigenvalue weighted by molar-refractivity contribution is 5.90. The van der Waals surface area contributed by atoms with Crippen molar-refractivity contribution < 1.29 is 19.1 Å². The van der Waals surface area contributed by atoms with Crippen LogP contribution in [0.25, 0.3) is 0 Å². The third-order valence-electron chi connectivity index (χ3n) is 3.74. The lowest BCUT2D eigenvalue weighted by Crippen LogP contribution is -2.37. The number of amides is 1. The molecule has 5 nitrogen and oxygen atoms in total. The van der Waals surface area contributed by atoms with Gasteiger partial charge in [0.05, 0.1) is 11.6 Å². The van der Waals surface area contributed by atoms with Gasteiger partial charge in [0, 0.05) is 13.0 Å². The van der Waals surface area contributed by atoms with Crippen LogP contribution in [0, 0.1) is 11.7 Å². The molecule has 21 heavy (non-hydrogen) atoms. The van der Waals surface area contributed by atoms with Crippen LogP contribution in [0.3, 0.4) is 0 Å². The normalized spacial score (nSPS) is 16.6. The fourth-order valence-corrected chi connectivity index (χ4v) is 2.44. The minimum atomic E-state index is -0.744. The molecule has 1 heterocycles. The Bertz CT molecular complexity index is 513. The molecule has 1 saturated heterocycles. The number of rotatable bonds is 5. The Balaban J connectivity index is 1.73. The minimum Gasteiger partial charge on any atom is -0.481 e. The third-order valence-corrected chi connectivity index (χ3v) is 3.74. The van der Waals surface area contributed by atoms with E-state index in [1.165, 1.54) is 12.1 Å². The number of aliphatic carboxylic acids is 1. The number of likely N-dealkylation sites (tertiary alicyclic amines) is 1. The Morgan fingerprint density at radius 2 is 1.95 bits per heavy atom. The summed E-state index contributed by atoms with van der Waals surface area (Å²) in [5.74, 6) is -1.70. The van der Waals surface area contributed by atoms with Gasteiger partial charge in [0.15, 0.2) is 0 Å². The average Bonchev–Trinajstić information content (AvgIpc) is 2.48. The van der Waals surface area contributed by atoms with Gasteiger partial charge in [0.2, 0.25) is 5.91 Å². The molecule has 0 unspecified atom stereocenters. The summed E-state index contributed by atoms with van der Waals surface area (Å²) in [6.07, 6.45) is 1.50. The lowest BCUT2D eigenvalue weighted by Gasteiger charge is -2.29. The van der Waals surface area contributed by atoms with Gasteiger partial charge in [-0.2, -0.15) is 0 Å². The molecule has 0 aliphatic carbocycles. The number of piperidine rings is 1. The summed E-state index contributed by atoms with van der Waals surface area (Å²) >= 11 is 0. The van der Waals surface area contributed by atoms with E-state index in [0.29, 0.717) is 32.5 Å². The number of benzene rings is 1. The molecule has 6 heteroatoms. The van der Waals surface area contributed by atoms with Crippen LogP contribution < -0.4 is 5.32 Å². The largest absolute Gasteiger partial charge is 0.481 e. The predicted octanol–water partition coefficient (Wildman–Crippen LogP) is 1.95. The molecule has 0 radical (unpaired) electrons. The van der Waals surface area contributed by atoms with Gasteiger partial charge in [-0.05, 0) is 38.1 Å². The average molecular weight is 294 g/mol. The van der Waals surface area contributed by atoms with E-state index >= 15 is 0 Å². The van der Waals surface area contributed by atoms with Crippen molar-refractivity contribution in [2.75, 3.05) is 25.0 Å². The molecule has 0 saturated carbocycles. The Kier molecular flexibility index (Phi) is 5.27. The van der Waals surface area contributed by atoms with Gasteiger partial charge in [0.1, 0.15) is 5.82 Å². The van der Waals surface area contributed by atoms with Crippen molar-refractivity contribution in [2.24, 2.45) is 5.92 Å². The number of carbonyl (C=O) groups excluding carboxylic acids is 1. The van der Waals surface area contributed by atoms with Crippen molar-refractivity contribution in [3.05, 3.63) is 30.1 Å². The Morgan fingerprint density at radius 3 is 2.57 bits per heavy atom. The molecule has 2 rings (SSSR count). The molecule has 0 bridgehead atoms. The second kappa shape index (κ2) is 7.17. The van der Waals surface area contributed by atoms with Crippen molar-refractivity contribution in [3.8, 4) is 0 Å². The molecule has 0 aromatic heterocycles. The Morgan fingerprint density at radius 1 is 1.29 bits per heavy atom. The summed E-state index contributed by atoms with van der Waals surface area (Å²) in [5, 5.41) is 11.5. The third kappa shape index (κ3) is 4.53. The van der Waals surface area contributed by atoms with Crippen molar-refractivity contribution in [2.45, 2.75) is 19.3 Å². The van der Waals surface area contributed by atoms with Crippen LogP contribution in [0.2, 0.25) is 0 Å². The smallest absolute Gasteiger partial charge is 0.306 e. The van der Waals surface area contributed by atoms with E-state index in [-0.39, 0.29) is 23.9 Å². The first kappa shape index (κ1) is 15.4. The summed E-state index contributed by atoms with van der Waals surface area (Å²) in [7, 11) is 0. The van der Waals surface area contributed by atoms with E-state index in [0.717, 1.165) is 0 Å². The maximum Gasteiger partial charge on any atom is 0.306 e. The first-order valence-corrected chi connectivity index (χ1v) is 7.06. The van der Waals surface area contributed by atoms with Crippen LogP contribution >= 0.6 is 0 Å². The number of anilines is 1. The fraction of sp³-hybridized carbons (Fsp3) is 0.467. The number of nitrogens with one attached hydrogen (secondary N) is 1. The Labute approximate surface area is 122 Å². The maximum atomic E-state index is 13.4. The first-order valence-electron chi connectivity index (χ1n) is 7.06.